The van der Waals surface area contributed by atoms with Crippen molar-refractivity contribution in [1.29, 1.82) is 0 Å². The predicted octanol–water partition coefficient (Wildman–Crippen LogP) is 4.77. The smallest absolute Gasteiger partial charge is 0.300 e. The standard InChI is InChI=1S/C29H26N2O5/c1-3-18-7-9-19(10-8-18)26-25(27(33)21-11-12-24-20(15-21)13-14-36-24)28(34)29(35)31(26)23-6-4-5-22(16-23)30-17(2)32/h4-12,15-16,26,33H,3,13-14H2,1-2H3,(H,30,32)/b27-25-. The Bertz CT molecular complexity index is 1410. The fourth-order valence-electron chi connectivity index (χ4n) is 4.78. The van der Waals surface area contributed by atoms with Crippen LogP contribution >= 0.6 is 0 Å². The van der Waals surface area contributed by atoms with Crippen molar-refractivity contribution in [2.24, 2.45) is 0 Å². The van der Waals surface area contributed by atoms with E-state index in [1.807, 2.05) is 31.2 Å². The van der Waals surface area contributed by atoms with Gasteiger partial charge in [0.25, 0.3) is 11.7 Å². The lowest BCUT2D eigenvalue weighted by molar-refractivity contribution is -0.132. The molecular formula is C29H26N2O5. The second-order valence-electron chi connectivity index (χ2n) is 8.92. The third-order valence-electron chi connectivity index (χ3n) is 6.56. The van der Waals surface area contributed by atoms with Crippen molar-refractivity contribution in [1.82, 2.24) is 0 Å². The average Bonchev–Trinajstić information content (AvgIpc) is 3.45. The summed E-state index contributed by atoms with van der Waals surface area (Å²) in [5, 5.41) is 14.1. The maximum Gasteiger partial charge on any atom is 0.300 e. The van der Waals surface area contributed by atoms with Crippen LogP contribution in [0.2, 0.25) is 0 Å². The molecule has 0 radical (unpaired) electrons. The molecule has 0 spiro atoms. The molecule has 2 aliphatic heterocycles. The Kier molecular flexibility index (Phi) is 6.06. The topological polar surface area (TPSA) is 95.9 Å². The number of carbonyl (C=O) groups excluding carboxylic acids is 3. The third kappa shape index (κ3) is 4.13. The molecule has 2 heterocycles. The SMILES string of the molecule is CCc1ccc(C2/C(=C(/O)c3ccc4c(c3)CCO4)C(=O)C(=O)N2c2cccc(NC(C)=O)c2)cc1. The summed E-state index contributed by atoms with van der Waals surface area (Å²) in [7, 11) is 0. The van der Waals surface area contributed by atoms with Gasteiger partial charge in [-0.2, -0.15) is 0 Å². The Morgan fingerprint density at radius 2 is 1.86 bits per heavy atom. The Hall–Kier alpha value is -4.39. The van der Waals surface area contributed by atoms with Gasteiger partial charge in [-0.25, -0.2) is 0 Å². The minimum Gasteiger partial charge on any atom is -0.507 e. The summed E-state index contributed by atoms with van der Waals surface area (Å²) in [6.45, 7) is 4.01. The van der Waals surface area contributed by atoms with Crippen molar-refractivity contribution in [2.75, 3.05) is 16.8 Å². The largest absolute Gasteiger partial charge is 0.507 e. The number of amides is 2. The molecule has 1 unspecified atom stereocenters. The fraction of sp³-hybridized carbons (Fsp3) is 0.207. The molecular weight excluding hydrogens is 456 g/mol. The number of nitrogens with one attached hydrogen (secondary N) is 1. The number of ether oxygens (including phenoxy) is 1. The first kappa shape index (κ1) is 23.4. The van der Waals surface area contributed by atoms with Crippen molar-refractivity contribution in [3.05, 3.63) is 94.6 Å². The number of aryl methyl sites for hydroxylation is 1. The minimum atomic E-state index is -0.840. The van der Waals surface area contributed by atoms with E-state index in [1.165, 1.54) is 11.8 Å². The third-order valence-corrected chi connectivity index (χ3v) is 6.56. The molecule has 0 aliphatic carbocycles. The Morgan fingerprint density at radius 3 is 2.58 bits per heavy atom. The van der Waals surface area contributed by atoms with Gasteiger partial charge in [0.05, 0.1) is 18.2 Å². The van der Waals surface area contributed by atoms with Gasteiger partial charge >= 0.3 is 0 Å². The zero-order valence-electron chi connectivity index (χ0n) is 20.1. The Morgan fingerprint density at radius 1 is 1.08 bits per heavy atom. The van der Waals surface area contributed by atoms with E-state index in [9.17, 15) is 19.5 Å². The van der Waals surface area contributed by atoms with Gasteiger partial charge < -0.3 is 15.2 Å². The fourth-order valence-corrected chi connectivity index (χ4v) is 4.78. The van der Waals surface area contributed by atoms with Crippen LogP contribution in [0.3, 0.4) is 0 Å². The molecule has 1 atom stereocenters. The molecule has 1 saturated heterocycles. The molecule has 3 aromatic rings. The number of ketones is 1. The number of aliphatic hydroxyl groups is 1. The van der Waals surface area contributed by atoms with Gasteiger partial charge in [-0.05, 0) is 59.5 Å². The highest BCUT2D eigenvalue weighted by Gasteiger charge is 2.47. The molecule has 7 heteroatoms. The van der Waals surface area contributed by atoms with E-state index in [4.69, 9.17) is 4.74 Å². The number of benzene rings is 3. The summed E-state index contributed by atoms with van der Waals surface area (Å²) in [6.07, 6.45) is 1.55. The van der Waals surface area contributed by atoms with Crippen LogP contribution in [-0.4, -0.2) is 29.3 Å². The number of anilines is 2. The molecule has 0 bridgehead atoms. The molecule has 2 amide bonds. The van der Waals surface area contributed by atoms with Crippen molar-refractivity contribution < 1.29 is 24.2 Å². The minimum absolute atomic E-state index is 0.0213. The first-order valence-corrected chi connectivity index (χ1v) is 11.9. The maximum absolute atomic E-state index is 13.4. The second kappa shape index (κ2) is 9.34. The number of fused-ring (bicyclic) bond motifs is 1. The van der Waals surface area contributed by atoms with Crippen LogP contribution in [0.4, 0.5) is 11.4 Å². The van der Waals surface area contributed by atoms with E-state index in [1.54, 1.807) is 42.5 Å². The number of hydrogen-bond acceptors (Lipinski definition) is 5. The number of aliphatic hydroxyl groups excluding tert-OH is 1. The van der Waals surface area contributed by atoms with E-state index in [0.717, 1.165) is 23.3 Å². The van der Waals surface area contributed by atoms with Crippen LogP contribution in [0, 0.1) is 0 Å². The van der Waals surface area contributed by atoms with Crippen LogP contribution in [-0.2, 0) is 27.2 Å². The molecule has 0 saturated carbocycles. The van der Waals surface area contributed by atoms with Crippen LogP contribution < -0.4 is 15.0 Å². The summed E-state index contributed by atoms with van der Waals surface area (Å²) in [5.41, 5.74) is 4.17. The molecule has 5 rings (SSSR count). The van der Waals surface area contributed by atoms with Crippen LogP contribution in [0.25, 0.3) is 5.76 Å². The van der Waals surface area contributed by atoms with Gasteiger partial charge in [0.1, 0.15) is 11.5 Å². The Balaban J connectivity index is 1.67. The Labute approximate surface area is 209 Å². The number of nitrogens with zero attached hydrogens (tertiary/aromatic N) is 1. The molecule has 182 valence electrons. The molecule has 36 heavy (non-hydrogen) atoms. The zero-order chi connectivity index (χ0) is 25.4. The van der Waals surface area contributed by atoms with Crippen molar-refractivity contribution >= 4 is 34.7 Å². The molecule has 3 aromatic carbocycles. The van der Waals surface area contributed by atoms with E-state index >= 15 is 0 Å². The molecule has 7 nitrogen and oxygen atoms in total. The predicted molar refractivity (Wildman–Crippen MR) is 137 cm³/mol. The quantitative estimate of drug-likeness (QED) is 0.310. The number of Topliss-reactive ketones (excluding diaryl/α,β-unsaturated/α-hetero) is 1. The van der Waals surface area contributed by atoms with Gasteiger partial charge in [0, 0.05) is 30.3 Å². The second-order valence-corrected chi connectivity index (χ2v) is 8.92. The number of rotatable bonds is 5. The van der Waals surface area contributed by atoms with Crippen LogP contribution in [0.1, 0.15) is 42.1 Å². The monoisotopic (exact) mass is 482 g/mol. The molecule has 1 fully saturated rings. The lowest BCUT2D eigenvalue weighted by Gasteiger charge is -2.26. The summed E-state index contributed by atoms with van der Waals surface area (Å²) < 4.78 is 5.57. The normalized spacial score (nSPS) is 18.2. The lowest BCUT2D eigenvalue weighted by atomic mass is 9.93. The van der Waals surface area contributed by atoms with Gasteiger partial charge in [0.2, 0.25) is 5.91 Å². The van der Waals surface area contributed by atoms with E-state index in [-0.39, 0.29) is 17.2 Å². The summed E-state index contributed by atoms with van der Waals surface area (Å²) in [5.74, 6) is -1.23. The summed E-state index contributed by atoms with van der Waals surface area (Å²) in [4.78, 5) is 39.8. The maximum atomic E-state index is 13.4. The summed E-state index contributed by atoms with van der Waals surface area (Å²) >= 11 is 0. The highest BCUT2D eigenvalue weighted by atomic mass is 16.5. The van der Waals surface area contributed by atoms with Gasteiger partial charge in [-0.1, -0.05) is 37.3 Å². The zero-order valence-corrected chi connectivity index (χ0v) is 20.1. The summed E-state index contributed by atoms with van der Waals surface area (Å²) in [6, 6.07) is 18.9. The number of hydrogen-bond donors (Lipinski definition) is 2. The molecule has 2 N–H and O–H groups in total. The van der Waals surface area contributed by atoms with Crippen molar-refractivity contribution in [2.45, 2.75) is 32.7 Å². The average molecular weight is 483 g/mol. The van der Waals surface area contributed by atoms with E-state index < -0.39 is 17.7 Å². The van der Waals surface area contributed by atoms with Gasteiger partial charge in [-0.3, -0.25) is 19.3 Å². The van der Waals surface area contributed by atoms with Gasteiger partial charge in [-0.15, -0.1) is 0 Å². The highest BCUT2D eigenvalue weighted by Crippen LogP contribution is 2.43. The van der Waals surface area contributed by atoms with Crippen LogP contribution in [0.5, 0.6) is 5.75 Å². The van der Waals surface area contributed by atoms with E-state index in [0.29, 0.717) is 35.5 Å². The lowest BCUT2D eigenvalue weighted by Crippen LogP contribution is -2.29. The molecule has 0 aromatic heterocycles. The van der Waals surface area contributed by atoms with Crippen molar-refractivity contribution in [3.63, 3.8) is 0 Å². The first-order valence-electron chi connectivity index (χ1n) is 11.9. The van der Waals surface area contributed by atoms with Crippen LogP contribution in [0.15, 0.2) is 72.3 Å². The van der Waals surface area contributed by atoms with E-state index in [2.05, 4.69) is 5.32 Å². The highest BCUT2D eigenvalue weighted by molar-refractivity contribution is 6.51. The van der Waals surface area contributed by atoms with Crippen molar-refractivity contribution in [3.8, 4) is 5.75 Å². The number of carbonyl (C=O) groups is 3. The molecule has 2 aliphatic rings. The first-order chi connectivity index (χ1) is 17.4. The van der Waals surface area contributed by atoms with Gasteiger partial charge in [0.15, 0.2) is 0 Å².